The van der Waals surface area contributed by atoms with Crippen molar-refractivity contribution in [1.29, 1.82) is 5.26 Å². The second-order valence-electron chi connectivity index (χ2n) is 7.87. The van der Waals surface area contributed by atoms with Crippen LogP contribution in [0.1, 0.15) is 24.1 Å². The molecule has 7 nitrogen and oxygen atoms in total. The van der Waals surface area contributed by atoms with Crippen LogP contribution < -0.4 is 19.6 Å². The number of rotatable bonds is 6. The number of ether oxygens (including phenoxy) is 2. The Morgan fingerprint density at radius 2 is 1.95 bits per heavy atom. The van der Waals surface area contributed by atoms with Gasteiger partial charge in [-0.2, -0.15) is 18.4 Å². The lowest BCUT2D eigenvalue weighted by Gasteiger charge is -2.26. The van der Waals surface area contributed by atoms with Gasteiger partial charge < -0.3 is 9.47 Å². The SMILES string of the molecule is CCOC(=O)C1=C(C(F)(F)F)N=c2s/c(=C\c3cc(Cl)cc(Br)c3OCC#N)c(=O)n2[C@H]1c1ccc(Cl)cc1. The zero-order valence-electron chi connectivity index (χ0n) is 19.7. The Bertz CT molecular complexity index is 1710. The van der Waals surface area contributed by atoms with Crippen molar-refractivity contribution in [2.45, 2.75) is 19.1 Å². The molecular weight excluding hydrogens is 646 g/mol. The van der Waals surface area contributed by atoms with E-state index in [2.05, 4.69) is 20.9 Å². The summed E-state index contributed by atoms with van der Waals surface area (Å²) in [5.74, 6) is -1.06. The van der Waals surface area contributed by atoms with Crippen LogP contribution in [0.5, 0.6) is 5.75 Å². The fraction of sp³-hybridized carbons (Fsp3) is 0.200. The van der Waals surface area contributed by atoms with Gasteiger partial charge in [-0.15, -0.1) is 0 Å². The molecule has 202 valence electrons. The van der Waals surface area contributed by atoms with E-state index in [0.717, 1.165) is 4.57 Å². The summed E-state index contributed by atoms with van der Waals surface area (Å²) in [6, 6.07) is 9.04. The van der Waals surface area contributed by atoms with E-state index in [-0.39, 0.29) is 38.9 Å². The van der Waals surface area contributed by atoms with Gasteiger partial charge >= 0.3 is 12.1 Å². The van der Waals surface area contributed by atoms with E-state index in [1.807, 2.05) is 6.07 Å². The van der Waals surface area contributed by atoms with Crippen LogP contribution in [0.4, 0.5) is 13.2 Å². The number of thiazole rings is 1. The van der Waals surface area contributed by atoms with Crippen molar-refractivity contribution in [1.82, 2.24) is 4.57 Å². The van der Waals surface area contributed by atoms with Crippen molar-refractivity contribution in [3.8, 4) is 11.8 Å². The molecule has 0 radical (unpaired) electrons. The average Bonchev–Trinajstić information content (AvgIpc) is 3.17. The van der Waals surface area contributed by atoms with Crippen LogP contribution in [0.15, 0.2) is 61.9 Å². The summed E-state index contributed by atoms with van der Waals surface area (Å²) >= 11 is 16.1. The quantitative estimate of drug-likeness (QED) is 0.334. The molecule has 0 unspecified atom stereocenters. The number of carbonyl (C=O) groups is 1. The minimum absolute atomic E-state index is 0.0182. The maximum Gasteiger partial charge on any atom is 0.434 e. The first kappa shape index (κ1) is 28.9. The van der Waals surface area contributed by atoms with Crippen LogP contribution in [0.3, 0.4) is 0 Å². The lowest BCUT2D eigenvalue weighted by Crippen LogP contribution is -2.41. The summed E-state index contributed by atoms with van der Waals surface area (Å²) in [6.07, 6.45) is -3.66. The third-order valence-electron chi connectivity index (χ3n) is 5.39. The van der Waals surface area contributed by atoms with Crippen molar-refractivity contribution in [2.24, 2.45) is 4.99 Å². The number of esters is 1. The molecular formula is C25H15BrCl2F3N3O4S. The van der Waals surface area contributed by atoms with Gasteiger partial charge in [-0.1, -0.05) is 46.7 Å². The first-order chi connectivity index (χ1) is 18.5. The van der Waals surface area contributed by atoms with Gasteiger partial charge in [0, 0.05) is 15.6 Å². The summed E-state index contributed by atoms with van der Waals surface area (Å²) in [5, 5.41) is 9.51. The molecule has 0 spiro atoms. The molecule has 1 aliphatic rings. The summed E-state index contributed by atoms with van der Waals surface area (Å²) in [4.78, 5) is 30.0. The van der Waals surface area contributed by atoms with Gasteiger partial charge in [-0.25, -0.2) is 9.79 Å². The molecule has 0 aliphatic carbocycles. The average molecular weight is 661 g/mol. The van der Waals surface area contributed by atoms with Crippen molar-refractivity contribution >= 4 is 62.5 Å². The zero-order valence-corrected chi connectivity index (χ0v) is 23.6. The van der Waals surface area contributed by atoms with Gasteiger partial charge in [0.1, 0.15) is 11.8 Å². The summed E-state index contributed by atoms with van der Waals surface area (Å²) in [5.41, 5.74) is -2.52. The molecule has 1 aliphatic heterocycles. The molecule has 0 fully saturated rings. The highest BCUT2D eigenvalue weighted by molar-refractivity contribution is 9.10. The smallest absolute Gasteiger partial charge is 0.434 e. The minimum Gasteiger partial charge on any atom is -0.477 e. The van der Waals surface area contributed by atoms with Gasteiger partial charge in [0.15, 0.2) is 17.1 Å². The largest absolute Gasteiger partial charge is 0.477 e. The third kappa shape index (κ3) is 5.91. The Labute approximate surface area is 241 Å². The first-order valence-electron chi connectivity index (χ1n) is 11.0. The van der Waals surface area contributed by atoms with Crippen molar-refractivity contribution in [3.63, 3.8) is 0 Å². The van der Waals surface area contributed by atoms with Crippen LogP contribution in [-0.2, 0) is 9.53 Å². The Morgan fingerprint density at radius 1 is 1.26 bits per heavy atom. The van der Waals surface area contributed by atoms with Crippen molar-refractivity contribution in [3.05, 3.63) is 93.0 Å². The Hall–Kier alpha value is -3.11. The number of fused-ring (bicyclic) bond motifs is 1. The lowest BCUT2D eigenvalue weighted by molar-refractivity contribution is -0.140. The Kier molecular flexibility index (Phi) is 8.56. The molecule has 3 aromatic rings. The van der Waals surface area contributed by atoms with Gasteiger partial charge in [0.05, 0.1) is 27.2 Å². The predicted molar refractivity (Wildman–Crippen MR) is 142 cm³/mol. The van der Waals surface area contributed by atoms with E-state index in [1.165, 1.54) is 49.4 Å². The van der Waals surface area contributed by atoms with E-state index in [1.54, 1.807) is 0 Å². The molecule has 0 N–H and O–H groups in total. The van der Waals surface area contributed by atoms with Gasteiger partial charge in [0.25, 0.3) is 5.56 Å². The summed E-state index contributed by atoms with van der Waals surface area (Å²) < 4.78 is 54.5. The van der Waals surface area contributed by atoms with Crippen LogP contribution in [-0.4, -0.2) is 29.9 Å². The number of allylic oxidation sites excluding steroid dienone is 1. The van der Waals surface area contributed by atoms with E-state index >= 15 is 0 Å². The monoisotopic (exact) mass is 659 g/mol. The second-order valence-corrected chi connectivity index (χ2v) is 10.6. The normalized spacial score (nSPS) is 15.4. The summed E-state index contributed by atoms with van der Waals surface area (Å²) in [7, 11) is 0. The molecule has 1 aromatic heterocycles. The molecule has 0 bridgehead atoms. The molecule has 39 heavy (non-hydrogen) atoms. The standard InChI is InChI=1S/C25H15BrCl2F3N3O4S/c1-2-37-23(36)18-19(12-3-5-14(27)6-4-12)34-22(35)17(39-24(34)33-21(18)25(29,30)31)10-13-9-15(28)11-16(26)20(13)38-8-7-32/h3-6,9-11,19H,2,8H2,1H3/b17-10-/t19-/m0/s1. The second kappa shape index (κ2) is 11.6. The molecule has 14 heteroatoms. The highest BCUT2D eigenvalue weighted by Crippen LogP contribution is 2.39. The molecule has 0 saturated carbocycles. The van der Waals surface area contributed by atoms with Crippen LogP contribution in [0.2, 0.25) is 10.0 Å². The summed E-state index contributed by atoms with van der Waals surface area (Å²) in [6.45, 7) is 0.949. The van der Waals surface area contributed by atoms with Gasteiger partial charge in [-0.05, 0) is 58.8 Å². The first-order valence-corrected chi connectivity index (χ1v) is 13.4. The number of alkyl halides is 3. The minimum atomic E-state index is -5.03. The van der Waals surface area contributed by atoms with Crippen molar-refractivity contribution < 1.29 is 27.4 Å². The maximum atomic E-state index is 14.2. The topological polar surface area (TPSA) is 93.7 Å². The van der Waals surface area contributed by atoms with Gasteiger partial charge in [0.2, 0.25) is 0 Å². The van der Waals surface area contributed by atoms with Crippen LogP contribution >= 0.6 is 50.5 Å². The number of hydrogen-bond donors (Lipinski definition) is 0. The number of nitriles is 1. The number of benzene rings is 2. The van der Waals surface area contributed by atoms with E-state index in [4.69, 9.17) is 37.9 Å². The third-order valence-corrected chi connectivity index (χ3v) is 7.43. The molecule has 2 heterocycles. The number of nitrogens with zero attached hydrogens (tertiary/aromatic N) is 3. The van der Waals surface area contributed by atoms with E-state index in [0.29, 0.717) is 26.4 Å². The van der Waals surface area contributed by atoms with Gasteiger partial charge in [-0.3, -0.25) is 9.36 Å². The predicted octanol–water partition coefficient (Wildman–Crippen LogP) is 5.31. The molecule has 0 saturated heterocycles. The maximum absolute atomic E-state index is 14.2. The zero-order chi connectivity index (χ0) is 28.5. The molecule has 4 rings (SSSR count). The Morgan fingerprint density at radius 3 is 2.56 bits per heavy atom. The lowest BCUT2D eigenvalue weighted by atomic mass is 9.95. The fourth-order valence-corrected chi connectivity index (χ4v) is 5.95. The number of aromatic nitrogens is 1. The molecule has 0 amide bonds. The van der Waals surface area contributed by atoms with E-state index < -0.39 is 35.0 Å². The van der Waals surface area contributed by atoms with Crippen LogP contribution in [0, 0.1) is 11.3 Å². The Balaban J connectivity index is 2.05. The van der Waals surface area contributed by atoms with E-state index in [9.17, 15) is 22.8 Å². The molecule has 1 atom stereocenters. The number of hydrogen-bond acceptors (Lipinski definition) is 7. The highest BCUT2D eigenvalue weighted by atomic mass is 79.9. The molecule has 2 aromatic carbocycles. The highest BCUT2D eigenvalue weighted by Gasteiger charge is 2.45. The fourth-order valence-electron chi connectivity index (χ4n) is 3.89. The number of carbonyl (C=O) groups excluding carboxylic acids is 1. The van der Waals surface area contributed by atoms with Crippen molar-refractivity contribution in [2.75, 3.05) is 13.2 Å². The van der Waals surface area contributed by atoms with Crippen LogP contribution in [0.25, 0.3) is 6.08 Å². The number of halogens is 6.